The Kier molecular flexibility index (Phi) is 15.8. The Morgan fingerprint density at radius 3 is 1.24 bits per heavy atom. The Balaban J connectivity index is 0.000000299. The summed E-state index contributed by atoms with van der Waals surface area (Å²) >= 11 is 0. The average molecular weight is 690 g/mol. The van der Waals surface area contributed by atoms with Crippen molar-refractivity contribution >= 4 is 35.2 Å². The van der Waals surface area contributed by atoms with Crippen molar-refractivity contribution < 1.29 is 44.3 Å². The van der Waals surface area contributed by atoms with E-state index in [-0.39, 0.29) is 18.4 Å². The smallest absolute Gasteiger partial charge is 0.305 e. The summed E-state index contributed by atoms with van der Waals surface area (Å²) in [6.45, 7) is 0. The van der Waals surface area contributed by atoms with E-state index in [0.29, 0.717) is 5.56 Å². The number of hydrogen-bond acceptors (Lipinski definition) is 10. The number of carbonyl (C=O) groups excluding carboxylic acids is 1. The molecule has 4 rings (SSSR count). The van der Waals surface area contributed by atoms with Crippen LogP contribution in [0.15, 0.2) is 109 Å². The second kappa shape index (κ2) is 20.0. The number of nitro groups is 2. The van der Waals surface area contributed by atoms with E-state index in [1.54, 1.807) is 30.3 Å². The molecule has 0 heterocycles. The third-order valence-electron chi connectivity index (χ3n) is 6.72. The lowest BCUT2D eigenvalue weighted by Crippen LogP contribution is -2.30. The molecule has 0 aliphatic heterocycles. The highest BCUT2D eigenvalue weighted by Gasteiger charge is 2.23. The van der Waals surface area contributed by atoms with Crippen molar-refractivity contribution in [2.24, 2.45) is 11.5 Å². The van der Waals surface area contributed by atoms with Gasteiger partial charge in [-0.15, -0.1) is 0 Å². The van der Waals surface area contributed by atoms with Gasteiger partial charge in [0.25, 0.3) is 17.3 Å². The lowest BCUT2D eigenvalue weighted by atomic mass is 10.0. The number of nitrogens with one attached hydrogen (secondary N) is 1. The van der Waals surface area contributed by atoms with Gasteiger partial charge < -0.3 is 32.1 Å². The molecule has 8 N–H and O–H groups in total. The number of amides is 1. The molecule has 0 fully saturated rings. The maximum atomic E-state index is 12.4. The molecule has 0 aliphatic carbocycles. The predicted octanol–water partition coefficient (Wildman–Crippen LogP) is 4.77. The number of carbonyl (C=O) groups is 4. The molecule has 16 nitrogen and oxygen atoms in total. The molecule has 0 spiro atoms. The highest BCUT2D eigenvalue weighted by molar-refractivity contribution is 5.96. The van der Waals surface area contributed by atoms with E-state index in [0.717, 1.165) is 29.3 Å². The van der Waals surface area contributed by atoms with Gasteiger partial charge in [0.05, 0.1) is 46.8 Å². The van der Waals surface area contributed by atoms with Crippen molar-refractivity contribution in [2.75, 3.05) is 0 Å². The fourth-order valence-corrected chi connectivity index (χ4v) is 4.30. The number of rotatable bonds is 13. The zero-order valence-corrected chi connectivity index (χ0v) is 26.4. The third-order valence-corrected chi connectivity index (χ3v) is 6.72. The number of non-ortho nitro benzene ring substituents is 2. The number of nitro benzene ring substituents is 2. The lowest BCUT2D eigenvalue weighted by Gasteiger charge is -2.17. The van der Waals surface area contributed by atoms with Crippen molar-refractivity contribution in [2.45, 2.75) is 37.4 Å². The van der Waals surface area contributed by atoms with Crippen LogP contribution in [0.5, 0.6) is 0 Å². The van der Waals surface area contributed by atoms with Gasteiger partial charge in [0.2, 0.25) is 0 Å². The summed E-state index contributed by atoms with van der Waals surface area (Å²) in [6, 6.07) is 27.5. The van der Waals surface area contributed by atoms with Gasteiger partial charge in [-0.05, 0) is 16.7 Å². The van der Waals surface area contributed by atoms with Crippen LogP contribution in [-0.2, 0) is 14.4 Å². The van der Waals surface area contributed by atoms with Gasteiger partial charge in [0.15, 0.2) is 0 Å². The summed E-state index contributed by atoms with van der Waals surface area (Å²) in [7, 11) is 0. The van der Waals surface area contributed by atoms with Crippen molar-refractivity contribution in [3.8, 4) is 0 Å². The van der Waals surface area contributed by atoms with Gasteiger partial charge in [-0.25, -0.2) is 0 Å². The van der Waals surface area contributed by atoms with Crippen LogP contribution in [0.1, 0.15) is 64.4 Å². The highest BCUT2D eigenvalue weighted by Crippen LogP contribution is 2.24. The zero-order valence-electron chi connectivity index (χ0n) is 26.4. The fraction of sp³-hybridized carbons (Fsp3) is 0.176. The van der Waals surface area contributed by atoms with Crippen molar-refractivity contribution in [3.63, 3.8) is 0 Å². The Morgan fingerprint density at radius 1 is 0.580 bits per heavy atom. The Hall–Kier alpha value is -6.52. The summed E-state index contributed by atoms with van der Waals surface area (Å²) < 4.78 is 0. The number of carboxylic acids is 3. The van der Waals surface area contributed by atoms with Crippen LogP contribution < -0.4 is 16.8 Å². The fourth-order valence-electron chi connectivity index (χ4n) is 4.30. The first-order valence-electron chi connectivity index (χ1n) is 14.7. The Bertz CT molecular complexity index is 1670. The third kappa shape index (κ3) is 14.1. The molecule has 0 aromatic heterocycles. The van der Waals surface area contributed by atoms with E-state index < -0.39 is 69.6 Å². The first-order valence-corrected chi connectivity index (χ1v) is 14.7. The number of carboxylic acid groups (broad SMARTS) is 3. The lowest BCUT2D eigenvalue weighted by molar-refractivity contribution is -0.394. The minimum atomic E-state index is -1.16. The molecule has 0 unspecified atom stereocenters. The zero-order chi connectivity index (χ0) is 37.2. The number of benzene rings is 4. The van der Waals surface area contributed by atoms with Crippen molar-refractivity contribution in [1.82, 2.24) is 5.32 Å². The summed E-state index contributed by atoms with van der Waals surface area (Å²) in [5.74, 6) is -3.76. The van der Waals surface area contributed by atoms with Crippen LogP contribution in [-0.4, -0.2) is 49.0 Å². The maximum absolute atomic E-state index is 12.4. The molecule has 0 aliphatic rings. The average Bonchev–Trinajstić information content (AvgIpc) is 3.08. The van der Waals surface area contributed by atoms with Crippen LogP contribution in [0.4, 0.5) is 11.4 Å². The number of hydrogen-bond donors (Lipinski definition) is 6. The molecule has 4 aromatic carbocycles. The van der Waals surface area contributed by atoms with Gasteiger partial charge in [0.1, 0.15) is 0 Å². The van der Waals surface area contributed by atoms with E-state index >= 15 is 0 Å². The molecule has 16 heteroatoms. The van der Waals surface area contributed by atoms with Crippen LogP contribution in [0.25, 0.3) is 0 Å². The molecule has 0 saturated carbocycles. The summed E-state index contributed by atoms with van der Waals surface area (Å²) in [4.78, 5) is 64.2. The van der Waals surface area contributed by atoms with Gasteiger partial charge in [-0.1, -0.05) is 91.0 Å². The molecule has 0 radical (unpaired) electrons. The van der Waals surface area contributed by atoms with Crippen LogP contribution in [0, 0.1) is 20.2 Å². The minimum absolute atomic E-state index is 0.0238. The molecule has 262 valence electrons. The molecule has 50 heavy (non-hydrogen) atoms. The molecule has 0 bridgehead atoms. The molecule has 0 saturated heterocycles. The van der Waals surface area contributed by atoms with Crippen molar-refractivity contribution in [3.05, 3.63) is 152 Å². The second-order valence-corrected chi connectivity index (χ2v) is 10.5. The van der Waals surface area contributed by atoms with Gasteiger partial charge in [-0.2, -0.15) is 0 Å². The quantitative estimate of drug-likeness (QED) is 0.0816. The molecule has 1 amide bonds. The number of nitrogens with zero attached hydrogens (tertiary/aromatic N) is 2. The summed E-state index contributed by atoms with van der Waals surface area (Å²) in [5, 5.41) is 50.2. The van der Waals surface area contributed by atoms with Gasteiger partial charge in [-0.3, -0.25) is 39.4 Å². The predicted molar refractivity (Wildman–Crippen MR) is 180 cm³/mol. The van der Waals surface area contributed by atoms with Crippen LogP contribution in [0.2, 0.25) is 0 Å². The van der Waals surface area contributed by atoms with Crippen LogP contribution >= 0.6 is 0 Å². The maximum Gasteiger partial charge on any atom is 0.305 e. The summed E-state index contributed by atoms with van der Waals surface area (Å²) in [5.41, 5.74) is 11.9. The van der Waals surface area contributed by atoms with Gasteiger partial charge >= 0.3 is 17.9 Å². The standard InChI is InChI=1S/C16H13N3O7.2C9H11NO2/c20-15(21)9-14(10-4-2-1-3-5-10)17-16(22)11-6-12(18(23)24)8-13(7-11)19(25)26;2*10-8(6-9(11)12)7-4-2-1-3-5-7/h1-8,14H,9H2,(H,17,22)(H,20,21);2*1-5,8H,6,10H2,(H,11,12)/t14-;2*8-/m000/s1. The second-order valence-electron chi connectivity index (χ2n) is 10.5. The van der Waals surface area contributed by atoms with Gasteiger partial charge in [0, 0.05) is 24.2 Å². The van der Waals surface area contributed by atoms with Crippen molar-refractivity contribution in [1.29, 1.82) is 0 Å². The normalized spacial score (nSPS) is 11.9. The first-order chi connectivity index (χ1) is 23.7. The minimum Gasteiger partial charge on any atom is -0.481 e. The Morgan fingerprint density at radius 2 is 0.920 bits per heavy atom. The molecular formula is C34H35N5O11. The monoisotopic (exact) mass is 689 g/mol. The number of nitrogens with two attached hydrogens (primary N) is 2. The highest BCUT2D eigenvalue weighted by atomic mass is 16.6. The molecular weight excluding hydrogens is 654 g/mol. The SMILES string of the molecule is N[C@@H](CC(=O)O)c1ccccc1.N[C@@H](CC(=O)O)c1ccccc1.O=C(O)C[C@H](NC(=O)c1cc([N+](=O)[O-])cc([N+](=O)[O-])c1)c1ccccc1. The molecule has 3 atom stereocenters. The van der Waals surface area contributed by atoms with E-state index in [4.69, 9.17) is 26.8 Å². The number of aliphatic carboxylic acids is 3. The summed E-state index contributed by atoms with van der Waals surface area (Å²) in [6.07, 6.45) is -0.471. The van der Waals surface area contributed by atoms with E-state index in [1.807, 2.05) is 60.7 Å². The Labute approximate surface area is 285 Å². The largest absolute Gasteiger partial charge is 0.481 e. The van der Waals surface area contributed by atoms with Crippen LogP contribution in [0.3, 0.4) is 0 Å². The van der Waals surface area contributed by atoms with E-state index in [2.05, 4.69) is 5.32 Å². The molecule has 4 aromatic rings. The topological polar surface area (TPSA) is 279 Å². The van der Waals surface area contributed by atoms with E-state index in [9.17, 15) is 39.4 Å². The van der Waals surface area contributed by atoms with E-state index in [1.165, 1.54) is 0 Å². The first kappa shape index (κ1) is 39.7.